The second kappa shape index (κ2) is 7.98. The molecule has 1 aliphatic heterocycles. The number of amides is 4. The molecule has 4 amide bonds. The summed E-state index contributed by atoms with van der Waals surface area (Å²) in [6.07, 6.45) is 0. The highest BCUT2D eigenvalue weighted by Crippen LogP contribution is 2.31. The lowest BCUT2D eigenvalue weighted by atomic mass is 9.84. The van der Waals surface area contributed by atoms with Crippen molar-refractivity contribution in [1.29, 1.82) is 0 Å². The van der Waals surface area contributed by atoms with Gasteiger partial charge in [-0.25, -0.2) is 4.79 Å². The van der Waals surface area contributed by atoms with Crippen LogP contribution in [-0.4, -0.2) is 35.1 Å². The van der Waals surface area contributed by atoms with Crippen molar-refractivity contribution < 1.29 is 19.2 Å². The smallest absolute Gasteiger partial charge is 0.324 e. The largest absolute Gasteiger partial charge is 0.325 e. The molecule has 31 heavy (non-hydrogen) atoms. The number of carbonyl (C=O) groups is 4. The summed E-state index contributed by atoms with van der Waals surface area (Å²) in [6.45, 7) is 8.86. The van der Waals surface area contributed by atoms with Gasteiger partial charge in [0.1, 0.15) is 12.1 Å². The van der Waals surface area contributed by atoms with Crippen molar-refractivity contribution in [2.24, 2.45) is 0 Å². The van der Waals surface area contributed by atoms with Crippen LogP contribution in [0.15, 0.2) is 48.5 Å². The van der Waals surface area contributed by atoms with Crippen LogP contribution in [0.2, 0.25) is 0 Å². The van der Waals surface area contributed by atoms with E-state index in [4.69, 9.17) is 0 Å². The fraction of sp³-hybridized carbons (Fsp3) is 0.333. The van der Waals surface area contributed by atoms with Gasteiger partial charge in [0.25, 0.3) is 5.91 Å². The molecule has 0 saturated carbocycles. The first-order chi connectivity index (χ1) is 14.4. The number of rotatable bonds is 5. The zero-order valence-corrected chi connectivity index (χ0v) is 18.4. The normalized spacial score (nSPS) is 18.7. The Morgan fingerprint density at radius 3 is 2.23 bits per heavy atom. The number of hydrogen-bond acceptors (Lipinski definition) is 4. The van der Waals surface area contributed by atoms with E-state index in [1.54, 1.807) is 31.2 Å². The zero-order valence-electron chi connectivity index (χ0n) is 18.4. The van der Waals surface area contributed by atoms with E-state index in [1.807, 2.05) is 24.3 Å². The molecule has 2 aromatic rings. The van der Waals surface area contributed by atoms with Crippen LogP contribution in [0, 0.1) is 0 Å². The number of nitrogens with one attached hydrogen (secondary N) is 2. The molecule has 1 fully saturated rings. The predicted octanol–water partition coefficient (Wildman–Crippen LogP) is 3.59. The molecule has 1 atom stereocenters. The van der Waals surface area contributed by atoms with Crippen molar-refractivity contribution in [2.75, 3.05) is 11.9 Å². The molecule has 7 heteroatoms. The Morgan fingerprint density at radius 1 is 1.03 bits per heavy atom. The Hall–Kier alpha value is -3.48. The van der Waals surface area contributed by atoms with Crippen LogP contribution in [0.4, 0.5) is 10.5 Å². The molecule has 162 valence electrons. The van der Waals surface area contributed by atoms with Crippen LogP contribution < -0.4 is 10.6 Å². The quantitative estimate of drug-likeness (QED) is 0.570. The lowest BCUT2D eigenvalue weighted by Gasteiger charge is -2.24. The molecule has 0 aliphatic carbocycles. The van der Waals surface area contributed by atoms with Gasteiger partial charge in [0.05, 0.1) is 5.69 Å². The number of ketones is 1. The summed E-state index contributed by atoms with van der Waals surface area (Å²) in [5.74, 6) is -1.27. The molecule has 0 radical (unpaired) electrons. The van der Waals surface area contributed by atoms with Gasteiger partial charge in [-0.1, -0.05) is 57.2 Å². The van der Waals surface area contributed by atoms with E-state index in [-0.39, 0.29) is 11.2 Å². The maximum Gasteiger partial charge on any atom is 0.325 e. The Balaban J connectivity index is 1.77. The van der Waals surface area contributed by atoms with Gasteiger partial charge >= 0.3 is 6.03 Å². The predicted molar refractivity (Wildman–Crippen MR) is 118 cm³/mol. The monoisotopic (exact) mass is 421 g/mol. The number of Topliss-reactive ketones (excluding diaryl/α,β-unsaturated/α-hetero) is 1. The average molecular weight is 421 g/mol. The van der Waals surface area contributed by atoms with Gasteiger partial charge in [-0.05, 0) is 42.5 Å². The summed E-state index contributed by atoms with van der Waals surface area (Å²) < 4.78 is 0. The van der Waals surface area contributed by atoms with E-state index in [0.717, 1.165) is 10.5 Å². The topological polar surface area (TPSA) is 95.6 Å². The lowest BCUT2D eigenvalue weighted by molar-refractivity contribution is -0.133. The van der Waals surface area contributed by atoms with Crippen LogP contribution in [0.25, 0.3) is 0 Å². The highest BCUT2D eigenvalue weighted by Gasteiger charge is 2.49. The Morgan fingerprint density at radius 2 is 1.65 bits per heavy atom. The standard InChI is InChI=1S/C24H27N3O4/c1-15(28)18-8-6-7-9-19(18)25-20(29)14-27-21(30)24(5,26-22(27)31)17-12-10-16(11-13-17)23(2,3)4/h6-13H,14H2,1-5H3,(H,25,29)(H,26,31)/t24-/m0/s1. The minimum atomic E-state index is -1.26. The molecule has 1 heterocycles. The summed E-state index contributed by atoms with van der Waals surface area (Å²) in [5, 5.41) is 5.32. The SMILES string of the molecule is CC(=O)c1ccccc1NC(=O)CN1C(=O)N[C@@](C)(c2ccc(C(C)(C)C)cc2)C1=O. The molecule has 0 unspecified atom stereocenters. The summed E-state index contributed by atoms with van der Waals surface area (Å²) in [4.78, 5) is 50.8. The Bertz CT molecular complexity index is 1050. The third-order valence-corrected chi connectivity index (χ3v) is 5.49. The van der Waals surface area contributed by atoms with E-state index in [1.165, 1.54) is 6.92 Å². The molecule has 3 rings (SSSR count). The molecule has 7 nitrogen and oxygen atoms in total. The third-order valence-electron chi connectivity index (χ3n) is 5.49. The fourth-order valence-corrected chi connectivity index (χ4v) is 3.57. The minimum absolute atomic E-state index is 0.0390. The number of carbonyl (C=O) groups excluding carboxylic acids is 4. The minimum Gasteiger partial charge on any atom is -0.324 e. The lowest BCUT2D eigenvalue weighted by Crippen LogP contribution is -2.42. The van der Waals surface area contributed by atoms with E-state index < -0.39 is 29.9 Å². The Kier molecular flexibility index (Phi) is 5.72. The van der Waals surface area contributed by atoms with Gasteiger partial charge in [0.15, 0.2) is 5.78 Å². The van der Waals surface area contributed by atoms with E-state index in [0.29, 0.717) is 16.8 Å². The molecule has 1 aliphatic rings. The zero-order chi connectivity index (χ0) is 23.0. The second-order valence-electron chi connectivity index (χ2n) is 8.92. The van der Waals surface area contributed by atoms with Crippen LogP contribution in [0.5, 0.6) is 0 Å². The van der Waals surface area contributed by atoms with Crippen LogP contribution in [-0.2, 0) is 20.5 Å². The van der Waals surface area contributed by atoms with Gasteiger partial charge in [0.2, 0.25) is 5.91 Å². The van der Waals surface area contributed by atoms with Crippen molar-refractivity contribution in [3.05, 3.63) is 65.2 Å². The first-order valence-corrected chi connectivity index (χ1v) is 10.1. The molecule has 0 spiro atoms. The van der Waals surface area contributed by atoms with Crippen molar-refractivity contribution >= 4 is 29.3 Å². The number of para-hydroxylation sites is 1. The van der Waals surface area contributed by atoms with E-state index in [2.05, 4.69) is 31.4 Å². The van der Waals surface area contributed by atoms with Crippen LogP contribution in [0.3, 0.4) is 0 Å². The number of anilines is 1. The van der Waals surface area contributed by atoms with Gasteiger partial charge in [-0.2, -0.15) is 0 Å². The highest BCUT2D eigenvalue weighted by molar-refractivity contribution is 6.11. The molecule has 2 N–H and O–H groups in total. The van der Waals surface area contributed by atoms with E-state index >= 15 is 0 Å². The number of benzene rings is 2. The van der Waals surface area contributed by atoms with E-state index in [9.17, 15) is 19.2 Å². The molecule has 1 saturated heterocycles. The molecular weight excluding hydrogens is 394 g/mol. The number of urea groups is 1. The summed E-state index contributed by atoms with van der Waals surface area (Å²) in [7, 11) is 0. The highest BCUT2D eigenvalue weighted by atomic mass is 16.2. The van der Waals surface area contributed by atoms with Crippen molar-refractivity contribution in [1.82, 2.24) is 10.2 Å². The van der Waals surface area contributed by atoms with Crippen molar-refractivity contribution in [3.8, 4) is 0 Å². The maximum absolute atomic E-state index is 13.1. The molecule has 0 bridgehead atoms. The Labute approximate surface area is 181 Å². The molecular formula is C24H27N3O4. The summed E-state index contributed by atoms with van der Waals surface area (Å²) >= 11 is 0. The third kappa shape index (κ3) is 4.35. The summed E-state index contributed by atoms with van der Waals surface area (Å²) in [5.41, 5.74) is 1.15. The number of hydrogen-bond donors (Lipinski definition) is 2. The molecule has 2 aromatic carbocycles. The van der Waals surface area contributed by atoms with Crippen molar-refractivity contribution in [2.45, 2.75) is 45.6 Å². The van der Waals surface area contributed by atoms with Gasteiger partial charge in [-0.3, -0.25) is 19.3 Å². The van der Waals surface area contributed by atoms with Crippen LogP contribution >= 0.6 is 0 Å². The maximum atomic E-state index is 13.1. The molecule has 0 aromatic heterocycles. The fourth-order valence-electron chi connectivity index (χ4n) is 3.57. The summed E-state index contributed by atoms with van der Waals surface area (Å²) in [6, 6.07) is 13.5. The van der Waals surface area contributed by atoms with Crippen LogP contribution in [0.1, 0.15) is 56.1 Å². The average Bonchev–Trinajstić information content (AvgIpc) is 2.91. The first-order valence-electron chi connectivity index (χ1n) is 10.1. The van der Waals surface area contributed by atoms with Gasteiger partial charge in [-0.15, -0.1) is 0 Å². The van der Waals surface area contributed by atoms with Crippen molar-refractivity contribution in [3.63, 3.8) is 0 Å². The van der Waals surface area contributed by atoms with Gasteiger partial charge < -0.3 is 10.6 Å². The number of imide groups is 1. The van der Waals surface area contributed by atoms with Gasteiger partial charge in [0, 0.05) is 5.56 Å². The second-order valence-corrected chi connectivity index (χ2v) is 8.92. The number of nitrogens with zero attached hydrogens (tertiary/aromatic N) is 1. The first kappa shape index (κ1) is 22.2.